The Balaban J connectivity index is 2.11. The monoisotopic (exact) mass is 329 g/mol. The van der Waals surface area contributed by atoms with E-state index in [0.29, 0.717) is 6.42 Å². The third kappa shape index (κ3) is 2.54. The molecule has 7 heteroatoms. The molecule has 1 N–H and O–H groups in total. The van der Waals surface area contributed by atoms with Crippen LogP contribution in [-0.2, 0) is 4.79 Å². The van der Waals surface area contributed by atoms with Gasteiger partial charge in [0.2, 0.25) is 0 Å². The molecule has 3 rings (SSSR count). The van der Waals surface area contributed by atoms with E-state index in [1.165, 1.54) is 19.1 Å². The van der Waals surface area contributed by atoms with Crippen molar-refractivity contribution in [1.29, 1.82) is 0 Å². The Morgan fingerprint density at radius 1 is 1.33 bits per heavy atom. The molecular weight excluding hydrogens is 310 g/mol. The molecule has 1 heterocycles. The van der Waals surface area contributed by atoms with Crippen LogP contribution < -0.4 is 0 Å². The summed E-state index contributed by atoms with van der Waals surface area (Å²) in [5.41, 5.74) is 1.10. The standard InChI is InChI=1S/C17H19N3O4/c1-9-14-13(19-18-9)8-17(3,22)16(10(2)21)15(14)11-4-6-12(7-5-11)20(23)24/h4-7,14-16,22H,8H2,1-3H3/t14-,15+,16+,17+/m1/s1. The van der Waals surface area contributed by atoms with Crippen molar-refractivity contribution in [1.82, 2.24) is 0 Å². The molecule has 1 aliphatic carbocycles. The maximum Gasteiger partial charge on any atom is 0.269 e. The number of fused-ring (bicyclic) bond motifs is 1. The van der Waals surface area contributed by atoms with E-state index >= 15 is 0 Å². The Bertz CT molecular complexity index is 765. The van der Waals surface area contributed by atoms with Gasteiger partial charge in [0.15, 0.2) is 0 Å². The third-order valence-corrected chi connectivity index (χ3v) is 5.00. The maximum atomic E-state index is 12.3. The Morgan fingerprint density at radius 2 is 1.96 bits per heavy atom. The van der Waals surface area contributed by atoms with Gasteiger partial charge in [-0.05, 0) is 26.3 Å². The molecule has 24 heavy (non-hydrogen) atoms. The van der Waals surface area contributed by atoms with Crippen LogP contribution in [0, 0.1) is 22.0 Å². The molecule has 7 nitrogen and oxygen atoms in total. The van der Waals surface area contributed by atoms with Gasteiger partial charge in [-0.2, -0.15) is 10.2 Å². The van der Waals surface area contributed by atoms with Crippen molar-refractivity contribution in [2.45, 2.75) is 38.7 Å². The van der Waals surface area contributed by atoms with Crippen molar-refractivity contribution < 1.29 is 14.8 Å². The van der Waals surface area contributed by atoms with Gasteiger partial charge in [-0.25, -0.2) is 0 Å². The first-order chi connectivity index (χ1) is 11.2. The Kier molecular flexibility index (Phi) is 3.83. The normalized spacial score (nSPS) is 31.9. The van der Waals surface area contributed by atoms with E-state index in [-0.39, 0.29) is 23.3 Å². The summed E-state index contributed by atoms with van der Waals surface area (Å²) in [6, 6.07) is 6.16. The first-order valence-corrected chi connectivity index (χ1v) is 7.80. The summed E-state index contributed by atoms with van der Waals surface area (Å²) >= 11 is 0. The van der Waals surface area contributed by atoms with Crippen molar-refractivity contribution >= 4 is 22.9 Å². The highest BCUT2D eigenvalue weighted by Gasteiger charge is 2.53. The van der Waals surface area contributed by atoms with Gasteiger partial charge in [0.05, 0.1) is 22.2 Å². The molecule has 1 aromatic carbocycles. The van der Waals surface area contributed by atoms with Crippen molar-refractivity contribution in [2.24, 2.45) is 22.0 Å². The average Bonchev–Trinajstić information content (AvgIpc) is 2.85. The molecular formula is C17H19N3O4. The van der Waals surface area contributed by atoms with Gasteiger partial charge in [0.1, 0.15) is 5.78 Å². The lowest BCUT2D eigenvalue weighted by Gasteiger charge is -2.45. The first kappa shape index (κ1) is 16.4. The quantitative estimate of drug-likeness (QED) is 0.679. The summed E-state index contributed by atoms with van der Waals surface area (Å²) in [5.74, 6) is -1.22. The SMILES string of the molecule is CC(=O)[C@H]1[C@@H](c2ccc([N+](=O)[O-])cc2)[C@@H]2C(C)=NN=C2C[C@]1(C)O. The largest absolute Gasteiger partial charge is 0.389 e. The van der Waals surface area contributed by atoms with E-state index in [1.807, 2.05) is 6.92 Å². The number of hydrogen-bond donors (Lipinski definition) is 1. The van der Waals surface area contributed by atoms with Crippen molar-refractivity contribution in [3.05, 3.63) is 39.9 Å². The molecule has 1 saturated carbocycles. The number of ketones is 1. The highest BCUT2D eigenvalue weighted by molar-refractivity contribution is 6.12. The maximum absolute atomic E-state index is 12.3. The van der Waals surface area contributed by atoms with Gasteiger partial charge in [-0.15, -0.1) is 0 Å². The lowest BCUT2D eigenvalue weighted by atomic mass is 9.59. The minimum absolute atomic E-state index is 0.00797. The lowest BCUT2D eigenvalue weighted by molar-refractivity contribution is -0.384. The fourth-order valence-electron chi connectivity index (χ4n) is 4.07. The van der Waals surface area contributed by atoms with E-state index < -0.39 is 16.4 Å². The number of nitro benzene ring substituents is 1. The smallest absolute Gasteiger partial charge is 0.269 e. The van der Waals surface area contributed by atoms with Crippen LogP contribution in [0.3, 0.4) is 0 Å². The number of Topliss-reactive ketones (excluding diaryl/α,β-unsaturated/α-hetero) is 1. The second-order valence-electron chi connectivity index (χ2n) is 6.81. The summed E-state index contributed by atoms with van der Waals surface area (Å²) in [4.78, 5) is 22.7. The van der Waals surface area contributed by atoms with E-state index in [1.54, 1.807) is 19.1 Å². The van der Waals surface area contributed by atoms with Gasteiger partial charge in [0.25, 0.3) is 5.69 Å². The summed E-state index contributed by atoms with van der Waals surface area (Å²) < 4.78 is 0. The van der Waals surface area contributed by atoms with Crippen molar-refractivity contribution in [2.75, 3.05) is 0 Å². The predicted molar refractivity (Wildman–Crippen MR) is 89.3 cm³/mol. The zero-order chi connectivity index (χ0) is 17.6. The molecule has 126 valence electrons. The minimum atomic E-state index is -1.23. The zero-order valence-corrected chi connectivity index (χ0v) is 13.8. The number of rotatable bonds is 3. The molecule has 0 spiro atoms. The second kappa shape index (κ2) is 5.59. The van der Waals surface area contributed by atoms with Gasteiger partial charge < -0.3 is 5.11 Å². The highest BCUT2D eigenvalue weighted by Crippen LogP contribution is 2.48. The number of hydrogen-bond acceptors (Lipinski definition) is 6. The fourth-order valence-corrected chi connectivity index (χ4v) is 4.07. The second-order valence-corrected chi connectivity index (χ2v) is 6.81. The Morgan fingerprint density at radius 3 is 2.50 bits per heavy atom. The summed E-state index contributed by atoms with van der Waals surface area (Å²) in [7, 11) is 0. The van der Waals surface area contributed by atoms with Crippen LogP contribution in [0.5, 0.6) is 0 Å². The number of benzene rings is 1. The molecule has 1 aliphatic heterocycles. The number of non-ortho nitro benzene ring substituents is 1. The van der Waals surface area contributed by atoms with Gasteiger partial charge in [0, 0.05) is 36.1 Å². The zero-order valence-electron chi connectivity index (χ0n) is 13.8. The Labute approximate surface area is 139 Å². The van der Waals surface area contributed by atoms with Gasteiger partial charge >= 0.3 is 0 Å². The van der Waals surface area contributed by atoms with Crippen LogP contribution in [0.15, 0.2) is 34.5 Å². The molecule has 0 saturated heterocycles. The van der Waals surface area contributed by atoms with Crippen LogP contribution >= 0.6 is 0 Å². The average molecular weight is 329 g/mol. The van der Waals surface area contributed by atoms with Crippen LogP contribution in [0.25, 0.3) is 0 Å². The van der Waals surface area contributed by atoms with Crippen LogP contribution in [0.2, 0.25) is 0 Å². The fraction of sp³-hybridized carbons (Fsp3) is 0.471. The third-order valence-electron chi connectivity index (χ3n) is 5.00. The minimum Gasteiger partial charge on any atom is -0.389 e. The summed E-state index contributed by atoms with van der Waals surface area (Å²) in [5, 5.41) is 30.0. The lowest BCUT2D eigenvalue weighted by Crippen LogP contribution is -2.53. The number of carbonyl (C=O) groups is 1. The van der Waals surface area contributed by atoms with E-state index in [0.717, 1.165) is 17.0 Å². The number of aliphatic hydroxyl groups is 1. The number of nitrogens with zero attached hydrogens (tertiary/aromatic N) is 3. The van der Waals surface area contributed by atoms with Crippen LogP contribution in [0.1, 0.15) is 38.7 Å². The van der Waals surface area contributed by atoms with Crippen LogP contribution in [-0.4, -0.2) is 32.8 Å². The highest BCUT2D eigenvalue weighted by atomic mass is 16.6. The Hall–Kier alpha value is -2.41. The number of carbonyl (C=O) groups excluding carboxylic acids is 1. The first-order valence-electron chi connectivity index (χ1n) is 7.80. The number of nitro groups is 1. The van der Waals surface area contributed by atoms with Gasteiger partial charge in [-0.1, -0.05) is 12.1 Å². The van der Waals surface area contributed by atoms with Crippen LogP contribution in [0.4, 0.5) is 5.69 Å². The predicted octanol–water partition coefficient (Wildman–Crippen LogP) is 2.49. The van der Waals surface area contributed by atoms with E-state index in [4.69, 9.17) is 0 Å². The van der Waals surface area contributed by atoms with E-state index in [2.05, 4.69) is 10.2 Å². The summed E-state index contributed by atoms with van der Waals surface area (Å²) in [6.45, 7) is 4.97. The molecule has 1 fully saturated rings. The molecule has 0 bridgehead atoms. The molecule has 1 aromatic rings. The van der Waals surface area contributed by atoms with Crippen molar-refractivity contribution in [3.63, 3.8) is 0 Å². The molecule has 0 radical (unpaired) electrons. The van der Waals surface area contributed by atoms with Gasteiger partial charge in [-0.3, -0.25) is 14.9 Å². The topological polar surface area (TPSA) is 105 Å². The summed E-state index contributed by atoms with van der Waals surface area (Å²) in [6.07, 6.45) is 0.298. The van der Waals surface area contributed by atoms with Crippen molar-refractivity contribution in [3.8, 4) is 0 Å². The molecule has 0 aromatic heterocycles. The molecule has 0 amide bonds. The van der Waals surface area contributed by atoms with E-state index in [9.17, 15) is 20.0 Å². The molecule has 4 atom stereocenters. The molecule has 2 aliphatic rings. The molecule has 0 unspecified atom stereocenters.